The quantitative estimate of drug-likeness (QED) is 0.678. The van der Waals surface area contributed by atoms with Crippen molar-refractivity contribution in [2.24, 2.45) is 0 Å². The minimum absolute atomic E-state index is 0.109. The van der Waals surface area contributed by atoms with Crippen LogP contribution in [0.25, 0.3) is 0 Å². The van der Waals surface area contributed by atoms with Gasteiger partial charge in [0.2, 0.25) is 10.0 Å². The standard InChI is InChI=1S/C21H26N2O3S/c1-5-14-22-27(25,26)20-12-10-19(11-13-20)21(24)23-16(4)18-8-6-17(7-9-18)15(2)3/h5-13,15-16,22H,1,14H2,2-4H3,(H,23,24). The normalized spacial score (nSPS) is 12.6. The summed E-state index contributed by atoms with van der Waals surface area (Å²) in [5, 5.41) is 2.94. The summed E-state index contributed by atoms with van der Waals surface area (Å²) in [5.74, 6) is 0.207. The molecule has 2 aromatic rings. The molecule has 6 heteroatoms. The summed E-state index contributed by atoms with van der Waals surface area (Å²) in [4.78, 5) is 12.6. The van der Waals surface area contributed by atoms with E-state index in [-0.39, 0.29) is 23.4 Å². The van der Waals surface area contributed by atoms with Crippen molar-refractivity contribution in [1.82, 2.24) is 10.0 Å². The van der Waals surface area contributed by atoms with Crippen LogP contribution in [0.1, 0.15) is 54.2 Å². The van der Waals surface area contributed by atoms with Crippen molar-refractivity contribution in [1.29, 1.82) is 0 Å². The van der Waals surface area contributed by atoms with E-state index in [1.165, 1.54) is 35.9 Å². The average Bonchev–Trinajstić information content (AvgIpc) is 2.66. The molecule has 0 saturated carbocycles. The predicted octanol–water partition coefficient (Wildman–Crippen LogP) is 3.77. The largest absolute Gasteiger partial charge is 0.346 e. The van der Waals surface area contributed by atoms with E-state index in [2.05, 4.69) is 42.6 Å². The summed E-state index contributed by atoms with van der Waals surface area (Å²) in [7, 11) is -3.60. The number of hydrogen-bond donors (Lipinski definition) is 2. The molecule has 1 amide bonds. The maximum absolute atomic E-state index is 12.4. The zero-order chi connectivity index (χ0) is 20.0. The number of nitrogens with one attached hydrogen (secondary N) is 2. The van der Waals surface area contributed by atoms with Crippen molar-refractivity contribution in [2.45, 2.75) is 37.6 Å². The molecular weight excluding hydrogens is 360 g/mol. The van der Waals surface area contributed by atoms with Gasteiger partial charge in [0.25, 0.3) is 5.91 Å². The number of rotatable bonds is 8. The fourth-order valence-corrected chi connectivity index (χ4v) is 3.57. The summed E-state index contributed by atoms with van der Waals surface area (Å²) >= 11 is 0. The highest BCUT2D eigenvalue weighted by molar-refractivity contribution is 7.89. The first kappa shape index (κ1) is 20.9. The zero-order valence-corrected chi connectivity index (χ0v) is 16.7. The Bertz CT molecular complexity index is 886. The molecule has 0 spiro atoms. The minimum Gasteiger partial charge on any atom is -0.346 e. The third-order valence-electron chi connectivity index (χ3n) is 4.30. The third kappa shape index (κ3) is 5.52. The van der Waals surface area contributed by atoms with Gasteiger partial charge in [-0.3, -0.25) is 4.79 Å². The Morgan fingerprint density at radius 2 is 1.56 bits per heavy atom. The molecular formula is C21H26N2O3S. The van der Waals surface area contributed by atoms with Crippen LogP contribution in [0.5, 0.6) is 0 Å². The van der Waals surface area contributed by atoms with E-state index in [1.54, 1.807) is 0 Å². The lowest BCUT2D eigenvalue weighted by atomic mass is 9.99. The molecule has 0 aliphatic heterocycles. The Morgan fingerprint density at radius 3 is 2.07 bits per heavy atom. The second kappa shape index (κ2) is 8.97. The SMILES string of the molecule is C=CCNS(=O)(=O)c1ccc(C(=O)NC(C)c2ccc(C(C)C)cc2)cc1. The summed E-state index contributed by atoms with van der Waals surface area (Å²) in [6, 6.07) is 13.9. The maximum Gasteiger partial charge on any atom is 0.251 e. The van der Waals surface area contributed by atoms with Crippen LogP contribution in [-0.4, -0.2) is 20.9 Å². The molecule has 1 atom stereocenters. The predicted molar refractivity (Wildman–Crippen MR) is 108 cm³/mol. The molecule has 0 fully saturated rings. The Kier molecular flexibility index (Phi) is 6.93. The van der Waals surface area contributed by atoms with Gasteiger partial charge < -0.3 is 5.32 Å². The van der Waals surface area contributed by atoms with E-state index in [9.17, 15) is 13.2 Å². The Morgan fingerprint density at radius 1 is 1.00 bits per heavy atom. The van der Waals surface area contributed by atoms with Crippen LogP contribution < -0.4 is 10.0 Å². The fourth-order valence-electron chi connectivity index (χ4n) is 2.57. The van der Waals surface area contributed by atoms with Gasteiger partial charge >= 0.3 is 0 Å². The van der Waals surface area contributed by atoms with Crippen LogP contribution in [0.3, 0.4) is 0 Å². The molecule has 2 aromatic carbocycles. The van der Waals surface area contributed by atoms with Crippen molar-refractivity contribution < 1.29 is 13.2 Å². The van der Waals surface area contributed by atoms with E-state index >= 15 is 0 Å². The van der Waals surface area contributed by atoms with Crippen LogP contribution in [-0.2, 0) is 10.0 Å². The number of carbonyl (C=O) groups excluding carboxylic acids is 1. The first-order chi connectivity index (χ1) is 12.7. The van der Waals surface area contributed by atoms with Gasteiger partial charge in [0.15, 0.2) is 0 Å². The highest BCUT2D eigenvalue weighted by Gasteiger charge is 2.15. The topological polar surface area (TPSA) is 75.3 Å². The molecule has 27 heavy (non-hydrogen) atoms. The molecule has 0 saturated heterocycles. The van der Waals surface area contributed by atoms with Crippen molar-refractivity contribution in [3.63, 3.8) is 0 Å². The molecule has 0 aliphatic rings. The second-order valence-electron chi connectivity index (χ2n) is 6.68. The lowest BCUT2D eigenvalue weighted by molar-refractivity contribution is 0.0940. The highest BCUT2D eigenvalue weighted by Crippen LogP contribution is 2.19. The highest BCUT2D eigenvalue weighted by atomic mass is 32.2. The van der Waals surface area contributed by atoms with E-state index in [4.69, 9.17) is 0 Å². The van der Waals surface area contributed by atoms with Crippen molar-refractivity contribution >= 4 is 15.9 Å². The first-order valence-corrected chi connectivity index (χ1v) is 10.3. The lowest BCUT2D eigenvalue weighted by Crippen LogP contribution is -2.27. The van der Waals surface area contributed by atoms with E-state index in [0.717, 1.165) is 5.56 Å². The number of carbonyl (C=O) groups is 1. The van der Waals surface area contributed by atoms with Gasteiger partial charge in [-0.05, 0) is 48.2 Å². The van der Waals surface area contributed by atoms with Crippen LogP contribution >= 0.6 is 0 Å². The van der Waals surface area contributed by atoms with Gasteiger partial charge in [-0.15, -0.1) is 6.58 Å². The molecule has 0 heterocycles. The lowest BCUT2D eigenvalue weighted by Gasteiger charge is -2.16. The van der Waals surface area contributed by atoms with Gasteiger partial charge in [0, 0.05) is 12.1 Å². The van der Waals surface area contributed by atoms with Crippen molar-refractivity contribution in [3.8, 4) is 0 Å². The smallest absolute Gasteiger partial charge is 0.251 e. The summed E-state index contributed by atoms with van der Waals surface area (Å²) in [6.07, 6.45) is 1.47. The van der Waals surface area contributed by atoms with Gasteiger partial charge in [-0.2, -0.15) is 0 Å². The Labute approximate surface area is 161 Å². The minimum atomic E-state index is -3.60. The molecule has 1 unspecified atom stereocenters. The fraction of sp³-hybridized carbons (Fsp3) is 0.286. The van der Waals surface area contributed by atoms with Gasteiger partial charge in [-0.1, -0.05) is 44.2 Å². The van der Waals surface area contributed by atoms with Gasteiger partial charge in [-0.25, -0.2) is 13.1 Å². The first-order valence-electron chi connectivity index (χ1n) is 8.86. The van der Waals surface area contributed by atoms with Gasteiger partial charge in [0.05, 0.1) is 10.9 Å². The van der Waals surface area contributed by atoms with Crippen LogP contribution in [0.4, 0.5) is 0 Å². The zero-order valence-electron chi connectivity index (χ0n) is 15.9. The summed E-state index contributed by atoms with van der Waals surface area (Å²) in [6.45, 7) is 9.82. The van der Waals surface area contributed by atoms with E-state index < -0.39 is 10.0 Å². The number of amides is 1. The summed E-state index contributed by atoms with van der Waals surface area (Å²) < 4.78 is 26.5. The number of benzene rings is 2. The van der Waals surface area contributed by atoms with E-state index in [0.29, 0.717) is 11.5 Å². The molecule has 2 N–H and O–H groups in total. The summed E-state index contributed by atoms with van der Waals surface area (Å²) in [5.41, 5.74) is 2.67. The van der Waals surface area contributed by atoms with Crippen molar-refractivity contribution in [3.05, 3.63) is 77.9 Å². The average molecular weight is 387 g/mol. The monoisotopic (exact) mass is 386 g/mol. The van der Waals surface area contributed by atoms with Crippen LogP contribution in [0.15, 0.2) is 66.1 Å². The molecule has 144 valence electrons. The number of sulfonamides is 1. The molecule has 0 bridgehead atoms. The van der Waals surface area contributed by atoms with Crippen molar-refractivity contribution in [2.75, 3.05) is 6.54 Å². The number of hydrogen-bond acceptors (Lipinski definition) is 3. The third-order valence-corrected chi connectivity index (χ3v) is 5.73. The Balaban J connectivity index is 2.06. The molecule has 2 rings (SSSR count). The molecule has 0 radical (unpaired) electrons. The van der Waals surface area contributed by atoms with E-state index in [1.807, 2.05) is 19.1 Å². The van der Waals surface area contributed by atoms with Crippen LogP contribution in [0, 0.1) is 0 Å². The van der Waals surface area contributed by atoms with Crippen LogP contribution in [0.2, 0.25) is 0 Å². The molecule has 5 nitrogen and oxygen atoms in total. The second-order valence-corrected chi connectivity index (χ2v) is 8.45. The molecule has 0 aliphatic carbocycles. The van der Waals surface area contributed by atoms with Gasteiger partial charge in [0.1, 0.15) is 0 Å². The Hall–Kier alpha value is -2.44. The maximum atomic E-state index is 12.4. The molecule has 0 aromatic heterocycles.